The number of nitrogens with one attached hydrogen (secondary N) is 1. The van der Waals surface area contributed by atoms with E-state index in [-0.39, 0.29) is 5.91 Å². The minimum Gasteiger partial charge on any atom is -0.346 e. The van der Waals surface area contributed by atoms with Crippen LogP contribution in [0, 0.1) is 0 Å². The third-order valence-electron chi connectivity index (χ3n) is 4.22. The Labute approximate surface area is 153 Å². The number of nitrogens with zero attached hydrogens (tertiary/aromatic N) is 1. The van der Waals surface area contributed by atoms with Crippen molar-refractivity contribution in [2.24, 2.45) is 0 Å². The highest BCUT2D eigenvalue weighted by atomic mass is 32.2. The quantitative estimate of drug-likeness (QED) is 0.582. The van der Waals surface area contributed by atoms with Crippen LogP contribution >= 0.6 is 11.8 Å². The van der Waals surface area contributed by atoms with Gasteiger partial charge in [0.25, 0.3) is 0 Å². The summed E-state index contributed by atoms with van der Waals surface area (Å²) in [4.78, 5) is 13.4. The van der Waals surface area contributed by atoms with Crippen LogP contribution in [0.3, 0.4) is 0 Å². The Morgan fingerprint density at radius 2 is 1.84 bits per heavy atom. The second-order valence-corrected chi connectivity index (χ2v) is 7.11. The Bertz CT molecular complexity index is 852. The third-order valence-corrected chi connectivity index (χ3v) is 5.26. The lowest BCUT2D eigenvalue weighted by Crippen LogP contribution is -2.13. The van der Waals surface area contributed by atoms with Crippen LogP contribution in [-0.4, -0.2) is 16.2 Å². The molecule has 3 rings (SSSR count). The summed E-state index contributed by atoms with van der Waals surface area (Å²) < 4.78 is 2.28. The lowest BCUT2D eigenvalue weighted by atomic mass is 10.1. The maximum Gasteiger partial charge on any atom is 0.234 e. The Morgan fingerprint density at radius 1 is 1.08 bits per heavy atom. The average Bonchev–Trinajstić information content (AvgIpc) is 2.99. The molecule has 0 unspecified atom stereocenters. The largest absolute Gasteiger partial charge is 0.346 e. The molecule has 0 saturated heterocycles. The number of benzene rings is 2. The molecular weight excluding hydrogens is 328 g/mol. The standard InChI is InChI=1S/C21H24N2OS/c1-3-13-23-14-20(18-7-5-6-8-19(18)23)25-15-21(24)22-17-11-9-16(4-2)10-12-17/h5-12,14H,3-4,13,15H2,1-2H3,(H,22,24). The lowest BCUT2D eigenvalue weighted by molar-refractivity contribution is -0.113. The van der Waals surface area contributed by atoms with Crippen molar-refractivity contribution in [3.8, 4) is 0 Å². The average molecular weight is 353 g/mol. The van der Waals surface area contributed by atoms with Gasteiger partial charge in [0.2, 0.25) is 5.91 Å². The zero-order valence-electron chi connectivity index (χ0n) is 14.8. The Balaban J connectivity index is 1.66. The van der Waals surface area contributed by atoms with Crippen molar-refractivity contribution in [1.29, 1.82) is 0 Å². The Morgan fingerprint density at radius 3 is 2.56 bits per heavy atom. The summed E-state index contributed by atoms with van der Waals surface area (Å²) in [6, 6.07) is 16.4. The maximum atomic E-state index is 12.3. The van der Waals surface area contributed by atoms with Gasteiger partial charge in [0.05, 0.1) is 5.75 Å². The molecule has 4 heteroatoms. The summed E-state index contributed by atoms with van der Waals surface area (Å²) in [5, 5.41) is 4.20. The van der Waals surface area contributed by atoms with E-state index < -0.39 is 0 Å². The molecule has 2 aromatic carbocycles. The second kappa shape index (κ2) is 8.26. The molecule has 0 aliphatic rings. The van der Waals surface area contributed by atoms with Crippen molar-refractivity contribution in [1.82, 2.24) is 4.57 Å². The number of aromatic nitrogens is 1. The molecule has 3 aromatic rings. The van der Waals surface area contributed by atoms with Gasteiger partial charge in [-0.1, -0.05) is 44.2 Å². The SMILES string of the molecule is CCCn1cc(SCC(=O)Nc2ccc(CC)cc2)c2ccccc21. The monoisotopic (exact) mass is 352 g/mol. The van der Waals surface area contributed by atoms with E-state index >= 15 is 0 Å². The van der Waals surface area contributed by atoms with Gasteiger partial charge in [0.1, 0.15) is 0 Å². The number of carbonyl (C=O) groups excluding carboxylic acids is 1. The number of fused-ring (bicyclic) bond motifs is 1. The van der Waals surface area contributed by atoms with Crippen LogP contribution in [0.1, 0.15) is 25.8 Å². The molecule has 1 heterocycles. The number of carbonyl (C=O) groups is 1. The first-order valence-corrected chi connectivity index (χ1v) is 9.79. The molecule has 0 atom stereocenters. The van der Waals surface area contributed by atoms with Gasteiger partial charge >= 0.3 is 0 Å². The van der Waals surface area contributed by atoms with E-state index in [1.165, 1.54) is 21.4 Å². The molecule has 0 radical (unpaired) electrons. The van der Waals surface area contributed by atoms with Crippen LogP contribution in [0.15, 0.2) is 59.6 Å². The van der Waals surface area contributed by atoms with E-state index in [0.29, 0.717) is 5.75 Å². The smallest absolute Gasteiger partial charge is 0.234 e. The number of thioether (sulfide) groups is 1. The number of para-hydroxylation sites is 1. The minimum absolute atomic E-state index is 0.0292. The summed E-state index contributed by atoms with van der Waals surface area (Å²) in [5.74, 6) is 0.442. The number of amides is 1. The second-order valence-electron chi connectivity index (χ2n) is 6.09. The fraction of sp³-hybridized carbons (Fsp3) is 0.286. The first-order chi connectivity index (χ1) is 12.2. The van der Waals surface area contributed by atoms with Gasteiger partial charge in [-0.2, -0.15) is 0 Å². The van der Waals surface area contributed by atoms with Crippen LogP contribution in [0.4, 0.5) is 5.69 Å². The van der Waals surface area contributed by atoms with Crippen molar-refractivity contribution in [2.45, 2.75) is 38.1 Å². The summed E-state index contributed by atoms with van der Waals surface area (Å²) in [6.45, 7) is 5.30. The van der Waals surface area contributed by atoms with Crippen LogP contribution in [0.2, 0.25) is 0 Å². The summed E-state index contributed by atoms with van der Waals surface area (Å²) >= 11 is 1.60. The number of anilines is 1. The van der Waals surface area contributed by atoms with E-state index in [4.69, 9.17) is 0 Å². The number of aryl methyl sites for hydroxylation is 2. The van der Waals surface area contributed by atoms with Crippen molar-refractivity contribution in [3.63, 3.8) is 0 Å². The molecule has 1 amide bonds. The minimum atomic E-state index is 0.0292. The molecule has 0 aliphatic heterocycles. The highest BCUT2D eigenvalue weighted by Gasteiger charge is 2.10. The molecule has 1 N–H and O–H groups in total. The molecule has 0 fully saturated rings. The van der Waals surface area contributed by atoms with Crippen LogP contribution in [0.25, 0.3) is 10.9 Å². The number of hydrogen-bond donors (Lipinski definition) is 1. The molecule has 0 saturated carbocycles. The third kappa shape index (κ3) is 4.26. The van der Waals surface area contributed by atoms with Gasteiger partial charge in [-0.3, -0.25) is 4.79 Å². The van der Waals surface area contributed by atoms with E-state index in [2.05, 4.69) is 66.3 Å². The number of rotatable bonds is 7. The van der Waals surface area contributed by atoms with Gasteiger partial charge < -0.3 is 9.88 Å². The first-order valence-electron chi connectivity index (χ1n) is 8.80. The predicted octanol–water partition coefficient (Wildman–Crippen LogP) is 5.34. The van der Waals surface area contributed by atoms with Crippen molar-refractivity contribution >= 4 is 34.3 Å². The molecule has 1 aromatic heterocycles. The van der Waals surface area contributed by atoms with Gasteiger partial charge in [-0.15, -0.1) is 11.8 Å². The molecule has 0 spiro atoms. The van der Waals surface area contributed by atoms with Gasteiger partial charge in [-0.25, -0.2) is 0 Å². The zero-order chi connectivity index (χ0) is 17.6. The van der Waals surface area contributed by atoms with Gasteiger partial charge in [0.15, 0.2) is 0 Å². The highest BCUT2D eigenvalue weighted by molar-refractivity contribution is 8.00. The van der Waals surface area contributed by atoms with Crippen LogP contribution in [0.5, 0.6) is 0 Å². The van der Waals surface area contributed by atoms with E-state index in [0.717, 1.165) is 25.1 Å². The van der Waals surface area contributed by atoms with Crippen molar-refractivity contribution < 1.29 is 4.79 Å². The van der Waals surface area contributed by atoms with Gasteiger partial charge in [-0.05, 0) is 36.6 Å². The molecular formula is C21H24N2OS. The molecule has 130 valence electrons. The first kappa shape index (κ1) is 17.6. The summed E-state index contributed by atoms with van der Waals surface area (Å²) in [6.07, 6.45) is 4.27. The molecule has 3 nitrogen and oxygen atoms in total. The highest BCUT2D eigenvalue weighted by Crippen LogP contribution is 2.30. The lowest BCUT2D eigenvalue weighted by Gasteiger charge is -2.05. The fourth-order valence-corrected chi connectivity index (χ4v) is 3.81. The maximum absolute atomic E-state index is 12.3. The van der Waals surface area contributed by atoms with Crippen molar-refractivity contribution in [3.05, 3.63) is 60.3 Å². The van der Waals surface area contributed by atoms with Gasteiger partial charge in [0, 0.05) is 34.2 Å². The summed E-state index contributed by atoms with van der Waals surface area (Å²) in [5.41, 5.74) is 3.37. The molecule has 0 aliphatic carbocycles. The van der Waals surface area contributed by atoms with Crippen LogP contribution < -0.4 is 5.32 Å². The van der Waals surface area contributed by atoms with E-state index in [1.807, 2.05) is 12.1 Å². The normalized spacial score (nSPS) is 11.0. The Hall–Kier alpha value is -2.20. The molecule has 25 heavy (non-hydrogen) atoms. The van der Waals surface area contributed by atoms with Crippen molar-refractivity contribution in [2.75, 3.05) is 11.1 Å². The van der Waals surface area contributed by atoms with E-state index in [9.17, 15) is 4.79 Å². The molecule has 0 bridgehead atoms. The fourth-order valence-electron chi connectivity index (χ4n) is 2.92. The van der Waals surface area contributed by atoms with Crippen LogP contribution in [-0.2, 0) is 17.8 Å². The topological polar surface area (TPSA) is 34.0 Å². The Kier molecular flexibility index (Phi) is 5.82. The predicted molar refractivity (Wildman–Crippen MR) is 107 cm³/mol. The zero-order valence-corrected chi connectivity index (χ0v) is 15.6. The summed E-state index contributed by atoms with van der Waals surface area (Å²) in [7, 11) is 0. The van der Waals surface area contributed by atoms with E-state index in [1.54, 1.807) is 11.8 Å². The number of hydrogen-bond acceptors (Lipinski definition) is 2.